The lowest BCUT2D eigenvalue weighted by Crippen LogP contribution is -2.37. The van der Waals surface area contributed by atoms with Crippen LogP contribution in [0.5, 0.6) is 0 Å². The fraction of sp³-hybridized carbons (Fsp3) is 0.778. The zero-order chi connectivity index (χ0) is 9.80. The molecule has 1 aliphatic carbocycles. The number of carbonyl (C=O) groups excluding carboxylic acids is 2. The first kappa shape index (κ1) is 8.69. The van der Waals surface area contributed by atoms with Gasteiger partial charge in [0.05, 0.1) is 11.5 Å². The van der Waals surface area contributed by atoms with E-state index in [1.807, 2.05) is 0 Å². The summed E-state index contributed by atoms with van der Waals surface area (Å²) in [5, 5.41) is 0. The molecular weight excluding hydrogens is 168 g/mol. The number of likely N-dealkylation sites (tertiary alicyclic amines) is 1. The molecule has 1 saturated heterocycles. The summed E-state index contributed by atoms with van der Waals surface area (Å²) in [7, 11) is 0. The molecule has 1 aliphatic heterocycles. The van der Waals surface area contributed by atoms with Gasteiger partial charge in [0.2, 0.25) is 11.8 Å². The Morgan fingerprint density at radius 3 is 2.31 bits per heavy atom. The lowest BCUT2D eigenvalue weighted by molar-refractivity contribution is -0.141. The second kappa shape index (κ2) is 2.32. The smallest absolute Gasteiger partial charge is 0.235 e. The van der Waals surface area contributed by atoms with Crippen LogP contribution in [0.15, 0.2) is 0 Å². The van der Waals surface area contributed by atoms with Gasteiger partial charge in [0.25, 0.3) is 0 Å². The van der Waals surface area contributed by atoms with Gasteiger partial charge in [-0.05, 0) is 6.42 Å². The fourth-order valence-corrected chi connectivity index (χ4v) is 1.81. The van der Waals surface area contributed by atoms with E-state index in [2.05, 4.69) is 0 Å². The number of imide groups is 1. The standard InChI is InChI=1S/C9H14N2O2/c1-9(2)4-7(12)11(8(9)13)6-3-5(6)10/h5-6H,3-4,10H2,1-2H3. The number of hydrogen-bond donors (Lipinski definition) is 1. The molecule has 2 amide bonds. The van der Waals surface area contributed by atoms with Crippen LogP contribution in [-0.4, -0.2) is 28.8 Å². The van der Waals surface area contributed by atoms with Gasteiger partial charge in [-0.25, -0.2) is 0 Å². The molecule has 1 saturated carbocycles. The van der Waals surface area contributed by atoms with Crippen molar-refractivity contribution in [3.63, 3.8) is 0 Å². The van der Waals surface area contributed by atoms with Crippen molar-refractivity contribution in [2.45, 2.75) is 38.8 Å². The summed E-state index contributed by atoms with van der Waals surface area (Å²) < 4.78 is 0. The zero-order valence-corrected chi connectivity index (χ0v) is 7.91. The van der Waals surface area contributed by atoms with E-state index in [4.69, 9.17) is 5.73 Å². The van der Waals surface area contributed by atoms with Gasteiger partial charge in [0.15, 0.2) is 0 Å². The second-order valence-electron chi connectivity index (χ2n) is 4.60. The number of hydrogen-bond acceptors (Lipinski definition) is 3. The van der Waals surface area contributed by atoms with Crippen molar-refractivity contribution in [2.75, 3.05) is 0 Å². The number of rotatable bonds is 1. The summed E-state index contributed by atoms with van der Waals surface area (Å²) in [5.74, 6) is -0.122. The average Bonchev–Trinajstić information content (AvgIpc) is 2.61. The SMILES string of the molecule is CC1(C)CC(=O)N(C2CC2N)C1=O. The molecule has 0 aromatic heterocycles. The molecule has 2 atom stereocenters. The lowest BCUT2D eigenvalue weighted by Gasteiger charge is -2.17. The molecule has 4 nitrogen and oxygen atoms in total. The second-order valence-corrected chi connectivity index (χ2v) is 4.60. The van der Waals surface area contributed by atoms with Gasteiger partial charge in [-0.15, -0.1) is 0 Å². The molecule has 0 bridgehead atoms. The van der Waals surface area contributed by atoms with Gasteiger partial charge >= 0.3 is 0 Å². The van der Waals surface area contributed by atoms with Crippen LogP contribution in [0.25, 0.3) is 0 Å². The molecule has 1 heterocycles. The van der Waals surface area contributed by atoms with E-state index < -0.39 is 5.41 Å². The summed E-state index contributed by atoms with van der Waals surface area (Å²) in [4.78, 5) is 24.6. The minimum atomic E-state index is -0.514. The molecule has 0 radical (unpaired) electrons. The Hall–Kier alpha value is -0.900. The average molecular weight is 182 g/mol. The van der Waals surface area contributed by atoms with E-state index in [1.54, 1.807) is 13.8 Å². The highest BCUT2D eigenvalue weighted by Crippen LogP contribution is 2.38. The van der Waals surface area contributed by atoms with Crippen molar-refractivity contribution in [3.8, 4) is 0 Å². The van der Waals surface area contributed by atoms with Crippen molar-refractivity contribution in [1.29, 1.82) is 0 Å². The van der Waals surface area contributed by atoms with E-state index in [1.165, 1.54) is 4.90 Å². The molecule has 2 fully saturated rings. The monoisotopic (exact) mass is 182 g/mol. The largest absolute Gasteiger partial charge is 0.326 e. The molecule has 2 N–H and O–H groups in total. The highest BCUT2D eigenvalue weighted by atomic mass is 16.2. The highest BCUT2D eigenvalue weighted by Gasteiger charge is 2.53. The van der Waals surface area contributed by atoms with Crippen LogP contribution >= 0.6 is 0 Å². The summed E-state index contributed by atoms with van der Waals surface area (Å²) in [6.07, 6.45) is 1.10. The highest BCUT2D eigenvalue weighted by molar-refractivity contribution is 6.06. The Bertz CT molecular complexity index is 285. The third kappa shape index (κ3) is 1.16. The van der Waals surface area contributed by atoms with Gasteiger partial charge < -0.3 is 5.73 Å². The van der Waals surface area contributed by atoms with Crippen LogP contribution in [0.1, 0.15) is 26.7 Å². The molecule has 72 valence electrons. The van der Waals surface area contributed by atoms with Crippen LogP contribution in [0.4, 0.5) is 0 Å². The Morgan fingerprint density at radius 1 is 1.46 bits per heavy atom. The minimum absolute atomic E-state index is 0.0122. The van der Waals surface area contributed by atoms with Crippen LogP contribution in [-0.2, 0) is 9.59 Å². The maximum atomic E-state index is 11.7. The Kier molecular flexibility index (Phi) is 1.55. The molecule has 0 spiro atoms. The summed E-state index contributed by atoms with van der Waals surface area (Å²) >= 11 is 0. The van der Waals surface area contributed by atoms with Crippen molar-refractivity contribution >= 4 is 11.8 Å². The van der Waals surface area contributed by atoms with Crippen LogP contribution < -0.4 is 5.73 Å². The molecule has 13 heavy (non-hydrogen) atoms. The van der Waals surface area contributed by atoms with Gasteiger partial charge in [-0.2, -0.15) is 0 Å². The Morgan fingerprint density at radius 2 is 2.00 bits per heavy atom. The van der Waals surface area contributed by atoms with E-state index >= 15 is 0 Å². The lowest BCUT2D eigenvalue weighted by atomic mass is 9.92. The third-order valence-corrected chi connectivity index (χ3v) is 2.80. The maximum Gasteiger partial charge on any atom is 0.235 e. The van der Waals surface area contributed by atoms with Gasteiger partial charge in [0.1, 0.15) is 0 Å². The zero-order valence-electron chi connectivity index (χ0n) is 7.91. The molecular formula is C9H14N2O2. The predicted molar refractivity (Wildman–Crippen MR) is 46.6 cm³/mol. The quantitative estimate of drug-likeness (QED) is 0.574. The molecule has 2 aliphatic rings. The fourth-order valence-electron chi connectivity index (χ4n) is 1.81. The molecule has 0 aromatic carbocycles. The number of amides is 2. The molecule has 2 unspecified atom stereocenters. The predicted octanol–water partition coefficient (Wildman–Crippen LogP) is -0.129. The van der Waals surface area contributed by atoms with Gasteiger partial charge in [-0.3, -0.25) is 14.5 Å². The van der Waals surface area contributed by atoms with Gasteiger partial charge in [0, 0.05) is 12.5 Å². The summed E-state index contributed by atoms with van der Waals surface area (Å²) in [6, 6.07) is 0.00331. The maximum absolute atomic E-state index is 11.7. The van der Waals surface area contributed by atoms with Crippen molar-refractivity contribution < 1.29 is 9.59 Å². The van der Waals surface area contributed by atoms with E-state index in [-0.39, 0.29) is 23.9 Å². The number of nitrogens with two attached hydrogens (primary N) is 1. The topological polar surface area (TPSA) is 63.4 Å². The number of carbonyl (C=O) groups is 2. The van der Waals surface area contributed by atoms with Crippen molar-refractivity contribution in [2.24, 2.45) is 11.1 Å². The van der Waals surface area contributed by atoms with Gasteiger partial charge in [-0.1, -0.05) is 13.8 Å². The molecule has 2 rings (SSSR count). The summed E-state index contributed by atoms with van der Waals surface area (Å²) in [6.45, 7) is 3.61. The Labute approximate surface area is 77.1 Å². The van der Waals surface area contributed by atoms with Crippen LogP contribution in [0.3, 0.4) is 0 Å². The van der Waals surface area contributed by atoms with Crippen LogP contribution in [0, 0.1) is 5.41 Å². The normalized spacial score (nSPS) is 37.0. The van der Waals surface area contributed by atoms with E-state index in [0.29, 0.717) is 6.42 Å². The van der Waals surface area contributed by atoms with E-state index in [0.717, 1.165) is 6.42 Å². The van der Waals surface area contributed by atoms with Crippen molar-refractivity contribution in [3.05, 3.63) is 0 Å². The number of nitrogens with zero attached hydrogens (tertiary/aromatic N) is 1. The van der Waals surface area contributed by atoms with Crippen molar-refractivity contribution in [1.82, 2.24) is 4.90 Å². The first-order chi connectivity index (χ1) is 5.93. The molecule has 4 heteroatoms. The summed E-state index contributed by atoms with van der Waals surface area (Å²) in [5.41, 5.74) is 5.10. The Balaban J connectivity index is 2.21. The first-order valence-electron chi connectivity index (χ1n) is 4.55. The van der Waals surface area contributed by atoms with Crippen LogP contribution in [0.2, 0.25) is 0 Å². The minimum Gasteiger partial charge on any atom is -0.326 e. The third-order valence-electron chi connectivity index (χ3n) is 2.80. The van der Waals surface area contributed by atoms with E-state index in [9.17, 15) is 9.59 Å². The molecule has 0 aromatic rings. The first-order valence-corrected chi connectivity index (χ1v) is 4.55.